The van der Waals surface area contributed by atoms with Gasteiger partial charge in [0.15, 0.2) is 0 Å². The van der Waals surface area contributed by atoms with Gasteiger partial charge < -0.3 is 5.32 Å². The van der Waals surface area contributed by atoms with Gasteiger partial charge in [0.25, 0.3) is 0 Å². The molecule has 1 heterocycles. The summed E-state index contributed by atoms with van der Waals surface area (Å²) in [6.45, 7) is 7.78. The van der Waals surface area contributed by atoms with Crippen molar-refractivity contribution in [2.45, 2.75) is 46.1 Å². The van der Waals surface area contributed by atoms with Crippen LogP contribution in [0.25, 0.3) is 0 Å². The van der Waals surface area contributed by atoms with E-state index in [2.05, 4.69) is 36.5 Å². The summed E-state index contributed by atoms with van der Waals surface area (Å²) in [4.78, 5) is 4.51. The zero-order valence-corrected chi connectivity index (χ0v) is 10.7. The average molecular weight is 224 g/mol. The summed E-state index contributed by atoms with van der Waals surface area (Å²) in [6.07, 6.45) is 4.16. The van der Waals surface area contributed by atoms with Gasteiger partial charge in [-0.2, -0.15) is 0 Å². The van der Waals surface area contributed by atoms with Crippen LogP contribution in [0.4, 0.5) is 0 Å². The maximum absolute atomic E-state index is 4.51. The van der Waals surface area contributed by atoms with Crippen LogP contribution in [-0.4, -0.2) is 11.5 Å². The van der Waals surface area contributed by atoms with Crippen molar-refractivity contribution < 1.29 is 0 Å². The second-order valence-corrected chi connectivity index (χ2v) is 6.12. The molecule has 1 aromatic heterocycles. The standard InChI is InChI=1S/C12H20N2S/c1-9(11-7-15-10(2)14-11)13-8-12(3)5-4-6-12/h7,9,13H,4-6,8H2,1-3H3. The Kier molecular flexibility index (Phi) is 3.12. The van der Waals surface area contributed by atoms with Gasteiger partial charge in [-0.15, -0.1) is 11.3 Å². The van der Waals surface area contributed by atoms with Crippen molar-refractivity contribution in [1.29, 1.82) is 0 Å². The van der Waals surface area contributed by atoms with Crippen molar-refractivity contribution in [3.05, 3.63) is 16.1 Å². The van der Waals surface area contributed by atoms with E-state index in [0.717, 1.165) is 11.6 Å². The molecule has 0 amide bonds. The van der Waals surface area contributed by atoms with Crippen molar-refractivity contribution in [2.24, 2.45) is 5.41 Å². The molecule has 3 heteroatoms. The molecule has 1 atom stereocenters. The molecule has 1 aliphatic rings. The first kappa shape index (κ1) is 11.1. The van der Waals surface area contributed by atoms with E-state index < -0.39 is 0 Å². The van der Waals surface area contributed by atoms with Crippen LogP contribution in [-0.2, 0) is 0 Å². The largest absolute Gasteiger partial charge is 0.308 e. The van der Waals surface area contributed by atoms with Crippen molar-refractivity contribution in [3.8, 4) is 0 Å². The van der Waals surface area contributed by atoms with E-state index in [-0.39, 0.29) is 0 Å². The Morgan fingerprint density at radius 2 is 2.33 bits per heavy atom. The van der Waals surface area contributed by atoms with Gasteiger partial charge in [0.2, 0.25) is 0 Å². The molecule has 1 unspecified atom stereocenters. The van der Waals surface area contributed by atoms with Crippen molar-refractivity contribution in [1.82, 2.24) is 10.3 Å². The third-order valence-corrected chi connectivity index (χ3v) is 4.27. The summed E-state index contributed by atoms with van der Waals surface area (Å²) in [6, 6.07) is 0.396. The molecule has 0 saturated heterocycles. The van der Waals surface area contributed by atoms with Gasteiger partial charge in [-0.05, 0) is 32.1 Å². The number of hydrogen-bond acceptors (Lipinski definition) is 3. The molecule has 0 spiro atoms. The second-order valence-electron chi connectivity index (χ2n) is 5.06. The minimum atomic E-state index is 0.396. The van der Waals surface area contributed by atoms with E-state index in [9.17, 15) is 0 Å². The van der Waals surface area contributed by atoms with Crippen LogP contribution < -0.4 is 5.32 Å². The molecule has 1 saturated carbocycles. The molecule has 0 aromatic carbocycles. The first-order valence-corrected chi connectivity index (χ1v) is 6.62. The lowest BCUT2D eigenvalue weighted by atomic mass is 9.70. The fourth-order valence-corrected chi connectivity index (χ4v) is 2.75. The monoisotopic (exact) mass is 224 g/mol. The summed E-state index contributed by atoms with van der Waals surface area (Å²) >= 11 is 1.73. The minimum Gasteiger partial charge on any atom is -0.308 e. The van der Waals surface area contributed by atoms with Crippen LogP contribution in [0, 0.1) is 12.3 Å². The fourth-order valence-electron chi connectivity index (χ4n) is 2.04. The first-order chi connectivity index (χ1) is 7.09. The fraction of sp³-hybridized carbons (Fsp3) is 0.750. The van der Waals surface area contributed by atoms with Gasteiger partial charge in [0.05, 0.1) is 10.7 Å². The molecule has 2 nitrogen and oxygen atoms in total. The van der Waals surface area contributed by atoms with Crippen molar-refractivity contribution >= 4 is 11.3 Å². The number of rotatable bonds is 4. The number of nitrogens with zero attached hydrogens (tertiary/aromatic N) is 1. The predicted octanol–water partition coefficient (Wildman–Crippen LogP) is 3.29. The minimum absolute atomic E-state index is 0.396. The Morgan fingerprint density at radius 3 is 2.80 bits per heavy atom. The van der Waals surface area contributed by atoms with Crippen LogP contribution in [0.5, 0.6) is 0 Å². The van der Waals surface area contributed by atoms with E-state index in [1.807, 2.05) is 0 Å². The molecule has 1 aromatic rings. The maximum Gasteiger partial charge on any atom is 0.0898 e. The summed E-state index contributed by atoms with van der Waals surface area (Å²) in [5, 5.41) is 6.92. The number of nitrogens with one attached hydrogen (secondary N) is 1. The lowest BCUT2D eigenvalue weighted by Crippen LogP contribution is -2.38. The van der Waals surface area contributed by atoms with E-state index in [4.69, 9.17) is 0 Å². The highest BCUT2D eigenvalue weighted by atomic mass is 32.1. The summed E-state index contributed by atoms with van der Waals surface area (Å²) in [7, 11) is 0. The van der Waals surface area contributed by atoms with Crippen LogP contribution >= 0.6 is 11.3 Å². The van der Waals surface area contributed by atoms with E-state index in [1.165, 1.54) is 25.0 Å². The van der Waals surface area contributed by atoms with Gasteiger partial charge in [-0.3, -0.25) is 0 Å². The summed E-state index contributed by atoms with van der Waals surface area (Å²) in [5.74, 6) is 0. The Labute approximate surface area is 96.1 Å². The molecular weight excluding hydrogens is 204 g/mol. The third-order valence-electron chi connectivity index (χ3n) is 3.48. The highest BCUT2D eigenvalue weighted by Crippen LogP contribution is 2.39. The molecule has 0 aliphatic heterocycles. The molecule has 15 heavy (non-hydrogen) atoms. The van der Waals surface area contributed by atoms with Gasteiger partial charge in [0.1, 0.15) is 0 Å². The second kappa shape index (κ2) is 4.22. The number of thiazole rings is 1. The Balaban J connectivity index is 1.84. The van der Waals surface area contributed by atoms with Crippen LogP contribution in [0.3, 0.4) is 0 Å². The topological polar surface area (TPSA) is 24.9 Å². The van der Waals surface area contributed by atoms with Gasteiger partial charge >= 0.3 is 0 Å². The molecule has 84 valence electrons. The van der Waals surface area contributed by atoms with Gasteiger partial charge in [0, 0.05) is 18.0 Å². The summed E-state index contributed by atoms with van der Waals surface area (Å²) in [5.41, 5.74) is 1.75. The Morgan fingerprint density at radius 1 is 1.60 bits per heavy atom. The Bertz CT molecular complexity index is 328. The highest BCUT2D eigenvalue weighted by molar-refractivity contribution is 7.09. The van der Waals surface area contributed by atoms with Crippen molar-refractivity contribution in [2.75, 3.05) is 6.54 Å². The van der Waals surface area contributed by atoms with E-state index >= 15 is 0 Å². The zero-order chi connectivity index (χ0) is 10.9. The van der Waals surface area contributed by atoms with E-state index in [0.29, 0.717) is 11.5 Å². The van der Waals surface area contributed by atoms with Crippen LogP contribution in [0.1, 0.15) is 49.9 Å². The average Bonchev–Trinajstić information content (AvgIpc) is 2.58. The van der Waals surface area contributed by atoms with Gasteiger partial charge in [-0.1, -0.05) is 13.3 Å². The van der Waals surface area contributed by atoms with Crippen LogP contribution in [0.15, 0.2) is 5.38 Å². The first-order valence-electron chi connectivity index (χ1n) is 5.74. The molecule has 1 fully saturated rings. The quantitative estimate of drug-likeness (QED) is 0.849. The molecular formula is C12H20N2S. The van der Waals surface area contributed by atoms with Crippen LogP contribution in [0.2, 0.25) is 0 Å². The molecule has 0 bridgehead atoms. The maximum atomic E-state index is 4.51. The van der Waals surface area contributed by atoms with Gasteiger partial charge in [-0.25, -0.2) is 4.98 Å². The Hall–Kier alpha value is -0.410. The van der Waals surface area contributed by atoms with E-state index in [1.54, 1.807) is 11.3 Å². The molecule has 2 rings (SSSR count). The third kappa shape index (κ3) is 2.58. The molecule has 1 aliphatic carbocycles. The number of hydrogen-bond donors (Lipinski definition) is 1. The lowest BCUT2D eigenvalue weighted by molar-refractivity contribution is 0.151. The number of aromatic nitrogens is 1. The number of aryl methyl sites for hydroxylation is 1. The summed E-state index contributed by atoms with van der Waals surface area (Å²) < 4.78 is 0. The highest BCUT2D eigenvalue weighted by Gasteiger charge is 2.31. The zero-order valence-electron chi connectivity index (χ0n) is 9.84. The molecule has 1 N–H and O–H groups in total. The van der Waals surface area contributed by atoms with Crippen molar-refractivity contribution in [3.63, 3.8) is 0 Å². The normalized spacial score (nSPS) is 21.0. The molecule has 0 radical (unpaired) electrons. The lowest BCUT2D eigenvalue weighted by Gasteiger charge is -2.39. The SMILES string of the molecule is Cc1nc(C(C)NCC2(C)CCC2)cs1. The predicted molar refractivity (Wildman–Crippen MR) is 65.2 cm³/mol. The smallest absolute Gasteiger partial charge is 0.0898 e.